The minimum Gasteiger partial charge on any atom is -0.391 e. The van der Waals surface area contributed by atoms with Gasteiger partial charge in [-0.2, -0.15) is 0 Å². The number of hydrogen-bond donors (Lipinski definition) is 2. The number of likely N-dealkylation sites (tertiary alicyclic amines) is 1. The molecule has 3 unspecified atom stereocenters. The number of nitrogens with one attached hydrogen (secondary N) is 2. The Morgan fingerprint density at radius 1 is 1.41 bits per heavy atom. The van der Waals surface area contributed by atoms with Crippen LogP contribution in [0.5, 0.6) is 0 Å². The number of H-pyrrole nitrogens is 1. The Labute approximate surface area is 165 Å². The molecule has 2 aliphatic rings. The number of hydrogen-bond acceptors (Lipinski definition) is 5. The lowest BCUT2D eigenvalue weighted by Crippen LogP contribution is -2.54. The summed E-state index contributed by atoms with van der Waals surface area (Å²) in [6.07, 6.45) is 10.8. The fraction of sp³-hybridized carbons (Fsp3) is 0.450. The van der Waals surface area contributed by atoms with Crippen LogP contribution in [0.4, 0.5) is 0 Å². The van der Waals surface area contributed by atoms with Crippen LogP contribution < -0.4 is 5.32 Å². The van der Waals surface area contributed by atoms with Crippen LogP contribution >= 0.6 is 11.6 Å². The highest BCUT2D eigenvalue weighted by atomic mass is 35.5. The predicted octanol–water partition coefficient (Wildman–Crippen LogP) is 3.13. The molecule has 0 aliphatic carbocycles. The summed E-state index contributed by atoms with van der Waals surface area (Å²) in [4.78, 5) is 14.9. The molecule has 2 aromatic rings. The van der Waals surface area contributed by atoms with E-state index in [9.17, 15) is 0 Å². The first-order chi connectivity index (χ1) is 13.0. The molecular weight excluding hydrogens is 360 g/mol. The van der Waals surface area contributed by atoms with Gasteiger partial charge in [0.1, 0.15) is 11.8 Å². The molecule has 6 nitrogen and oxygen atoms in total. The van der Waals surface area contributed by atoms with Crippen molar-refractivity contribution >= 4 is 22.6 Å². The van der Waals surface area contributed by atoms with Crippen molar-refractivity contribution in [3.8, 4) is 0 Å². The van der Waals surface area contributed by atoms with Gasteiger partial charge in [-0.15, -0.1) is 0 Å². The van der Waals surface area contributed by atoms with Crippen LogP contribution in [0.15, 0.2) is 43.0 Å². The lowest BCUT2D eigenvalue weighted by molar-refractivity contribution is -0.000821. The highest BCUT2D eigenvalue weighted by molar-refractivity contribution is 6.31. The van der Waals surface area contributed by atoms with Gasteiger partial charge in [0.25, 0.3) is 0 Å². The van der Waals surface area contributed by atoms with Crippen molar-refractivity contribution in [2.24, 2.45) is 0 Å². The predicted molar refractivity (Wildman–Crippen MR) is 110 cm³/mol. The van der Waals surface area contributed by atoms with Crippen LogP contribution in [-0.2, 0) is 0 Å². The molecule has 2 N–H and O–H groups in total. The van der Waals surface area contributed by atoms with Gasteiger partial charge < -0.3 is 15.2 Å². The van der Waals surface area contributed by atoms with E-state index in [0.717, 1.165) is 29.7 Å². The van der Waals surface area contributed by atoms with E-state index in [2.05, 4.69) is 69.1 Å². The Morgan fingerprint density at radius 2 is 2.22 bits per heavy atom. The third-order valence-electron chi connectivity index (χ3n) is 5.85. The SMILES string of the molecule is C=C(NC)C1CCCN1C1C=CN(C)C(c2c[nH]c3ncc(Cl)cc23)N1C. The molecule has 2 aliphatic heterocycles. The zero-order valence-corrected chi connectivity index (χ0v) is 16.9. The number of fused-ring (bicyclic) bond motifs is 1. The molecule has 1 fully saturated rings. The van der Waals surface area contributed by atoms with Gasteiger partial charge in [0.15, 0.2) is 0 Å². The summed E-state index contributed by atoms with van der Waals surface area (Å²) in [5.41, 5.74) is 3.14. The van der Waals surface area contributed by atoms with Gasteiger partial charge in [-0.05, 0) is 38.2 Å². The second-order valence-corrected chi connectivity index (χ2v) is 7.86. The zero-order chi connectivity index (χ0) is 19.1. The summed E-state index contributed by atoms with van der Waals surface area (Å²) in [7, 11) is 6.25. The quantitative estimate of drug-likeness (QED) is 0.845. The normalized spacial score (nSPS) is 26.8. The molecule has 0 bridgehead atoms. The van der Waals surface area contributed by atoms with Crippen molar-refractivity contribution in [2.75, 3.05) is 27.7 Å². The second kappa shape index (κ2) is 7.19. The third kappa shape index (κ3) is 3.12. The number of halogens is 1. The molecule has 0 amide bonds. The maximum absolute atomic E-state index is 6.22. The van der Waals surface area contributed by atoms with Gasteiger partial charge in [0, 0.05) is 49.7 Å². The molecule has 4 rings (SSSR count). The van der Waals surface area contributed by atoms with E-state index in [4.69, 9.17) is 11.6 Å². The molecule has 0 radical (unpaired) electrons. The lowest BCUT2D eigenvalue weighted by atomic mass is 10.1. The van der Waals surface area contributed by atoms with Crippen LogP contribution in [-0.4, -0.2) is 64.6 Å². The van der Waals surface area contributed by atoms with Crippen LogP contribution in [0.3, 0.4) is 0 Å². The molecular formula is C20H27ClN6. The topological polar surface area (TPSA) is 50.4 Å². The fourth-order valence-electron chi connectivity index (χ4n) is 4.50. The number of nitrogens with zero attached hydrogens (tertiary/aromatic N) is 4. The Hall–Kier alpha value is -2.02. The van der Waals surface area contributed by atoms with E-state index >= 15 is 0 Å². The fourth-order valence-corrected chi connectivity index (χ4v) is 4.66. The first-order valence-electron chi connectivity index (χ1n) is 9.38. The third-order valence-corrected chi connectivity index (χ3v) is 6.05. The lowest BCUT2D eigenvalue weighted by Gasteiger charge is -2.47. The van der Waals surface area contributed by atoms with E-state index in [-0.39, 0.29) is 12.3 Å². The maximum Gasteiger partial charge on any atom is 0.137 e. The van der Waals surface area contributed by atoms with Gasteiger partial charge in [-0.3, -0.25) is 9.80 Å². The molecule has 3 atom stereocenters. The smallest absolute Gasteiger partial charge is 0.137 e. The number of aromatic nitrogens is 2. The first-order valence-corrected chi connectivity index (χ1v) is 9.76. The van der Waals surface area contributed by atoms with Crippen molar-refractivity contribution in [2.45, 2.75) is 31.2 Å². The van der Waals surface area contributed by atoms with Crippen molar-refractivity contribution in [3.63, 3.8) is 0 Å². The maximum atomic E-state index is 6.22. The van der Waals surface area contributed by atoms with Crippen molar-refractivity contribution in [1.82, 2.24) is 30.0 Å². The monoisotopic (exact) mass is 386 g/mol. The average molecular weight is 387 g/mol. The molecule has 0 aromatic carbocycles. The molecule has 2 aromatic heterocycles. The van der Waals surface area contributed by atoms with Crippen molar-refractivity contribution in [1.29, 1.82) is 0 Å². The minimum atomic E-state index is 0.0955. The van der Waals surface area contributed by atoms with E-state index in [1.165, 1.54) is 12.0 Å². The van der Waals surface area contributed by atoms with Crippen LogP contribution in [0.2, 0.25) is 5.02 Å². The highest BCUT2D eigenvalue weighted by Gasteiger charge is 2.38. The molecule has 1 saturated heterocycles. The number of likely N-dealkylation sites (N-methyl/N-ethyl adjacent to an activating group) is 2. The summed E-state index contributed by atoms with van der Waals surface area (Å²) in [6.45, 7) is 5.30. The van der Waals surface area contributed by atoms with Gasteiger partial charge in [-0.1, -0.05) is 18.2 Å². The molecule has 144 valence electrons. The van der Waals surface area contributed by atoms with E-state index in [0.29, 0.717) is 11.1 Å². The number of rotatable bonds is 4. The van der Waals surface area contributed by atoms with Crippen LogP contribution in [0.1, 0.15) is 24.6 Å². The standard InChI is InChI=1S/C20H27ClN6/c1-13(22-2)17-6-5-8-27(17)18-7-9-25(3)20(26(18)4)16-12-24-19-15(16)10-14(21)11-23-19/h7,9-12,17-18,20,22H,1,5-6,8H2,2-4H3,(H,23,24). The number of aromatic amines is 1. The van der Waals surface area contributed by atoms with Gasteiger partial charge in [-0.25, -0.2) is 4.98 Å². The summed E-state index contributed by atoms with van der Waals surface area (Å²) < 4.78 is 0. The van der Waals surface area contributed by atoms with E-state index < -0.39 is 0 Å². The van der Waals surface area contributed by atoms with Crippen molar-refractivity contribution in [3.05, 3.63) is 53.6 Å². The van der Waals surface area contributed by atoms with Gasteiger partial charge >= 0.3 is 0 Å². The summed E-state index contributed by atoms with van der Waals surface area (Å²) >= 11 is 6.22. The average Bonchev–Trinajstić information content (AvgIpc) is 3.29. The Morgan fingerprint density at radius 3 is 3.00 bits per heavy atom. The van der Waals surface area contributed by atoms with Crippen molar-refractivity contribution < 1.29 is 0 Å². The van der Waals surface area contributed by atoms with Gasteiger partial charge in [0.2, 0.25) is 0 Å². The Bertz CT molecular complexity index is 874. The van der Waals surface area contributed by atoms with E-state index in [1.54, 1.807) is 6.20 Å². The summed E-state index contributed by atoms with van der Waals surface area (Å²) in [5, 5.41) is 4.97. The first kappa shape index (κ1) is 18.3. The van der Waals surface area contributed by atoms with E-state index in [1.807, 2.05) is 13.1 Å². The van der Waals surface area contributed by atoms with Crippen LogP contribution in [0.25, 0.3) is 11.0 Å². The number of pyridine rings is 1. The van der Waals surface area contributed by atoms with Gasteiger partial charge in [0.05, 0.1) is 17.2 Å². The molecule has 4 heterocycles. The molecule has 27 heavy (non-hydrogen) atoms. The van der Waals surface area contributed by atoms with Crippen LogP contribution in [0, 0.1) is 0 Å². The summed E-state index contributed by atoms with van der Waals surface area (Å²) in [5.74, 6) is 0. The molecule has 0 saturated carbocycles. The molecule has 0 spiro atoms. The molecule has 7 heteroatoms. The zero-order valence-electron chi connectivity index (χ0n) is 16.1. The minimum absolute atomic E-state index is 0.0955. The highest BCUT2D eigenvalue weighted by Crippen LogP contribution is 2.36. The summed E-state index contributed by atoms with van der Waals surface area (Å²) in [6, 6.07) is 2.35. The largest absolute Gasteiger partial charge is 0.391 e. The Kier molecular flexibility index (Phi) is 4.88. The second-order valence-electron chi connectivity index (χ2n) is 7.42. The Balaban J connectivity index is 1.69.